The lowest BCUT2D eigenvalue weighted by Crippen LogP contribution is -2.46. The molecule has 112 valence electrons. The predicted octanol–water partition coefficient (Wildman–Crippen LogP) is 0.241. The molecule has 1 heterocycles. The largest absolute Gasteiger partial charge is 0.468 e. The van der Waals surface area contributed by atoms with Gasteiger partial charge in [0.1, 0.15) is 10.9 Å². The highest BCUT2D eigenvalue weighted by atomic mass is 32.2. The van der Waals surface area contributed by atoms with Crippen LogP contribution < -0.4 is 10.2 Å². The Morgan fingerprint density at radius 2 is 2.15 bits per heavy atom. The molecule has 0 bridgehead atoms. The van der Waals surface area contributed by atoms with Gasteiger partial charge in [0.25, 0.3) is 0 Å². The molecule has 0 aliphatic rings. The van der Waals surface area contributed by atoms with E-state index in [0.29, 0.717) is 6.42 Å². The highest BCUT2D eigenvalue weighted by Gasteiger charge is 2.31. The van der Waals surface area contributed by atoms with E-state index in [-0.39, 0.29) is 5.92 Å². The minimum atomic E-state index is -4.09. The number of carbonyl (C=O) groups is 1. The Labute approximate surface area is 117 Å². The number of methoxy groups -OCH3 is 1. The van der Waals surface area contributed by atoms with Crippen LogP contribution in [-0.4, -0.2) is 32.5 Å². The highest BCUT2D eigenvalue weighted by molar-refractivity contribution is 7.89. The molecular formula is C12H18N2O5S. The van der Waals surface area contributed by atoms with Crippen LogP contribution in [0.4, 0.5) is 0 Å². The fraction of sp³-hybridized carbons (Fsp3) is 0.500. The van der Waals surface area contributed by atoms with Crippen LogP contribution in [0.3, 0.4) is 0 Å². The van der Waals surface area contributed by atoms with Crippen LogP contribution in [0.15, 0.2) is 28.2 Å². The van der Waals surface area contributed by atoms with Crippen molar-refractivity contribution >= 4 is 16.0 Å². The molecule has 0 fully saturated rings. The SMILES string of the molecule is CCC(C)C(NS(=O)(=O)c1c[nH]ccc1=O)C(=O)OC. The number of nitrogens with one attached hydrogen (secondary N) is 2. The molecule has 0 aliphatic carbocycles. The number of rotatable bonds is 6. The van der Waals surface area contributed by atoms with Crippen molar-refractivity contribution in [3.05, 3.63) is 28.7 Å². The summed E-state index contributed by atoms with van der Waals surface area (Å²) in [6.45, 7) is 3.55. The fourth-order valence-corrected chi connectivity index (χ4v) is 2.95. The van der Waals surface area contributed by atoms with Crippen molar-refractivity contribution in [1.29, 1.82) is 0 Å². The van der Waals surface area contributed by atoms with Gasteiger partial charge in [-0.1, -0.05) is 20.3 Å². The molecule has 0 aromatic carbocycles. The van der Waals surface area contributed by atoms with E-state index in [2.05, 4.69) is 14.4 Å². The third-order valence-corrected chi connectivity index (χ3v) is 4.49. The quantitative estimate of drug-likeness (QED) is 0.732. The van der Waals surface area contributed by atoms with Gasteiger partial charge in [0.15, 0.2) is 0 Å². The highest BCUT2D eigenvalue weighted by Crippen LogP contribution is 2.12. The Hall–Kier alpha value is -1.67. The Balaban J connectivity index is 3.13. The predicted molar refractivity (Wildman–Crippen MR) is 72.6 cm³/mol. The van der Waals surface area contributed by atoms with Crippen LogP contribution in [-0.2, 0) is 19.6 Å². The number of ether oxygens (including phenoxy) is 1. The number of sulfonamides is 1. The van der Waals surface area contributed by atoms with Gasteiger partial charge in [-0.25, -0.2) is 8.42 Å². The van der Waals surface area contributed by atoms with Gasteiger partial charge in [-0.05, 0) is 5.92 Å². The summed E-state index contributed by atoms with van der Waals surface area (Å²) in [6.07, 6.45) is 2.98. The molecule has 1 rings (SSSR count). The molecule has 8 heteroatoms. The van der Waals surface area contributed by atoms with E-state index in [0.717, 1.165) is 12.3 Å². The van der Waals surface area contributed by atoms with Crippen LogP contribution >= 0.6 is 0 Å². The first-order chi connectivity index (χ1) is 9.33. The van der Waals surface area contributed by atoms with Crippen LogP contribution in [0.2, 0.25) is 0 Å². The van der Waals surface area contributed by atoms with E-state index in [1.807, 2.05) is 6.92 Å². The van der Waals surface area contributed by atoms with Crippen molar-refractivity contribution in [2.45, 2.75) is 31.2 Å². The minimum absolute atomic E-state index is 0.264. The maximum Gasteiger partial charge on any atom is 0.324 e. The van der Waals surface area contributed by atoms with Gasteiger partial charge in [0.2, 0.25) is 15.5 Å². The van der Waals surface area contributed by atoms with Gasteiger partial charge in [-0.15, -0.1) is 0 Å². The molecule has 2 N–H and O–H groups in total. The van der Waals surface area contributed by atoms with E-state index in [9.17, 15) is 18.0 Å². The Kier molecular flexibility index (Phi) is 5.46. The summed E-state index contributed by atoms with van der Waals surface area (Å²) in [5.74, 6) is -0.949. The smallest absolute Gasteiger partial charge is 0.324 e. The number of aromatic nitrogens is 1. The number of hydrogen-bond acceptors (Lipinski definition) is 5. The van der Waals surface area contributed by atoms with E-state index in [1.54, 1.807) is 6.92 Å². The summed E-state index contributed by atoms with van der Waals surface area (Å²) in [5.41, 5.74) is -0.649. The van der Waals surface area contributed by atoms with Crippen LogP contribution in [0, 0.1) is 5.92 Å². The second-order valence-corrected chi connectivity index (χ2v) is 6.06. The Bertz CT molecular complexity index is 623. The van der Waals surface area contributed by atoms with E-state index in [4.69, 9.17) is 0 Å². The van der Waals surface area contributed by atoms with Crippen LogP contribution in [0.1, 0.15) is 20.3 Å². The molecule has 1 aromatic rings. The fourth-order valence-electron chi connectivity index (χ4n) is 1.60. The summed E-state index contributed by atoms with van der Waals surface area (Å²) < 4.78 is 31.2. The molecular weight excluding hydrogens is 284 g/mol. The van der Waals surface area contributed by atoms with Gasteiger partial charge in [0.05, 0.1) is 7.11 Å². The van der Waals surface area contributed by atoms with Gasteiger partial charge >= 0.3 is 5.97 Å². The van der Waals surface area contributed by atoms with Gasteiger partial charge in [0, 0.05) is 18.5 Å². The average molecular weight is 302 g/mol. The molecule has 0 spiro atoms. The van der Waals surface area contributed by atoms with Crippen molar-refractivity contribution in [2.75, 3.05) is 7.11 Å². The van der Waals surface area contributed by atoms with Gasteiger partial charge < -0.3 is 9.72 Å². The number of H-pyrrole nitrogens is 1. The van der Waals surface area contributed by atoms with E-state index >= 15 is 0 Å². The zero-order chi connectivity index (χ0) is 15.3. The lowest BCUT2D eigenvalue weighted by molar-refractivity contribution is -0.143. The number of hydrogen-bond donors (Lipinski definition) is 2. The van der Waals surface area contributed by atoms with Crippen molar-refractivity contribution in [2.24, 2.45) is 5.92 Å². The summed E-state index contributed by atoms with van der Waals surface area (Å²) in [7, 11) is -2.91. The maximum atomic E-state index is 12.2. The van der Waals surface area contributed by atoms with Crippen molar-refractivity contribution in [3.8, 4) is 0 Å². The first-order valence-electron chi connectivity index (χ1n) is 6.10. The average Bonchev–Trinajstić information content (AvgIpc) is 2.43. The van der Waals surface area contributed by atoms with E-state index in [1.165, 1.54) is 13.3 Å². The monoisotopic (exact) mass is 302 g/mol. The third kappa shape index (κ3) is 3.67. The second-order valence-electron chi connectivity index (χ2n) is 4.38. The van der Waals surface area contributed by atoms with Gasteiger partial charge in [-0.2, -0.15) is 4.72 Å². The molecule has 2 unspecified atom stereocenters. The molecule has 2 atom stereocenters. The summed E-state index contributed by atoms with van der Waals surface area (Å²) in [6, 6.07) is 0.0694. The molecule has 0 saturated heterocycles. The molecule has 7 nitrogen and oxygen atoms in total. The number of aromatic amines is 1. The number of esters is 1. The van der Waals surface area contributed by atoms with Crippen molar-refractivity contribution in [1.82, 2.24) is 9.71 Å². The summed E-state index contributed by atoms with van der Waals surface area (Å²) in [5, 5.41) is 0. The Morgan fingerprint density at radius 3 is 2.65 bits per heavy atom. The summed E-state index contributed by atoms with van der Waals surface area (Å²) >= 11 is 0. The molecule has 0 radical (unpaired) electrons. The topological polar surface area (TPSA) is 105 Å². The van der Waals surface area contributed by atoms with Gasteiger partial charge in [-0.3, -0.25) is 9.59 Å². The first-order valence-corrected chi connectivity index (χ1v) is 7.59. The number of carbonyl (C=O) groups excluding carboxylic acids is 1. The van der Waals surface area contributed by atoms with Crippen molar-refractivity contribution in [3.63, 3.8) is 0 Å². The van der Waals surface area contributed by atoms with E-state index < -0.39 is 32.4 Å². The lowest BCUT2D eigenvalue weighted by atomic mass is 10.0. The normalized spacial score (nSPS) is 14.6. The molecule has 1 aromatic heterocycles. The van der Waals surface area contributed by atoms with Crippen molar-refractivity contribution < 1.29 is 17.9 Å². The standard InChI is InChI=1S/C12H18N2O5S/c1-4-8(2)11(12(16)19-3)14-20(17,18)10-7-13-6-5-9(10)15/h5-8,11,14H,4H2,1-3H3,(H,13,15). The molecule has 0 amide bonds. The molecule has 0 aliphatic heterocycles. The Morgan fingerprint density at radius 1 is 1.50 bits per heavy atom. The lowest BCUT2D eigenvalue weighted by Gasteiger charge is -2.21. The second kappa shape index (κ2) is 6.67. The maximum absolute atomic E-state index is 12.2. The van der Waals surface area contributed by atoms with Crippen LogP contribution in [0.25, 0.3) is 0 Å². The summed E-state index contributed by atoms with van der Waals surface area (Å²) in [4.78, 5) is 25.3. The third-order valence-electron chi connectivity index (χ3n) is 3.03. The molecule has 0 saturated carbocycles. The van der Waals surface area contributed by atoms with Crippen LogP contribution in [0.5, 0.6) is 0 Å². The first kappa shape index (κ1) is 16.4. The zero-order valence-electron chi connectivity index (χ0n) is 11.5. The molecule has 20 heavy (non-hydrogen) atoms. The zero-order valence-corrected chi connectivity index (χ0v) is 12.4. The minimum Gasteiger partial charge on any atom is -0.468 e. The number of pyridine rings is 1.